The number of hydrogen-bond donors (Lipinski definition) is 1. The van der Waals surface area contributed by atoms with Crippen molar-refractivity contribution in [1.29, 1.82) is 0 Å². The van der Waals surface area contributed by atoms with Gasteiger partial charge in [-0.05, 0) is 77.2 Å². The fraction of sp³-hybridized carbons (Fsp3) is 0.485. The molecule has 0 bridgehead atoms. The van der Waals surface area contributed by atoms with E-state index in [1.165, 1.54) is 18.4 Å². The molecule has 3 aromatic rings. The third kappa shape index (κ3) is 5.19. The zero-order valence-electron chi connectivity index (χ0n) is 23.9. The van der Waals surface area contributed by atoms with Crippen molar-refractivity contribution in [3.63, 3.8) is 0 Å². The summed E-state index contributed by atoms with van der Waals surface area (Å²) in [6.07, 6.45) is 7.27. The summed E-state index contributed by atoms with van der Waals surface area (Å²) in [7, 11) is 3.31. The van der Waals surface area contributed by atoms with Crippen LogP contribution in [0.2, 0.25) is 0 Å². The molecule has 1 saturated heterocycles. The van der Waals surface area contributed by atoms with Crippen LogP contribution >= 0.6 is 0 Å². The Morgan fingerprint density at radius 3 is 2.41 bits per heavy atom. The Morgan fingerprint density at radius 1 is 0.949 bits per heavy atom. The van der Waals surface area contributed by atoms with Gasteiger partial charge in [0.05, 0.1) is 20.8 Å². The predicted octanol–water partition coefficient (Wildman–Crippen LogP) is 7.38. The summed E-state index contributed by atoms with van der Waals surface area (Å²) in [6.45, 7) is 8.05. The first-order valence-corrected chi connectivity index (χ1v) is 14.3. The summed E-state index contributed by atoms with van der Waals surface area (Å²) < 4.78 is 23.8. The van der Waals surface area contributed by atoms with E-state index in [4.69, 9.17) is 18.9 Å². The highest BCUT2D eigenvalue weighted by Gasteiger charge is 2.38. The number of amides is 1. The third-order valence-corrected chi connectivity index (χ3v) is 8.21. The molecule has 1 N–H and O–H groups in total. The molecule has 2 aliphatic rings. The van der Waals surface area contributed by atoms with E-state index in [-0.39, 0.29) is 17.6 Å². The molecule has 3 aromatic carbocycles. The fourth-order valence-electron chi connectivity index (χ4n) is 5.96. The molecule has 0 saturated carbocycles. The fourth-order valence-corrected chi connectivity index (χ4v) is 5.96. The number of benzene rings is 3. The number of nitrogens with one attached hydrogen (secondary N) is 1. The van der Waals surface area contributed by atoms with Crippen molar-refractivity contribution in [2.45, 2.75) is 77.4 Å². The number of methoxy groups -OCH3 is 2. The average molecular weight is 532 g/mol. The molecule has 5 rings (SSSR count). The van der Waals surface area contributed by atoms with Crippen molar-refractivity contribution in [2.75, 3.05) is 27.4 Å². The number of rotatable bonds is 10. The first-order valence-electron chi connectivity index (χ1n) is 14.3. The quantitative estimate of drug-likeness (QED) is 0.277. The van der Waals surface area contributed by atoms with Gasteiger partial charge in [0.15, 0.2) is 17.8 Å². The normalized spacial score (nSPS) is 17.4. The third-order valence-electron chi connectivity index (χ3n) is 8.21. The van der Waals surface area contributed by atoms with Crippen molar-refractivity contribution in [2.24, 2.45) is 0 Å². The standard InChI is InChI=1S/C33H41NO5/c1-6-7-8-10-15-34-32(35)21-13-14-22-25(17-21)33(2,3)26-20-27(39-30-12-9-11-16-38-30)23-18-28(36-4)29(37-5)19-24(23)31(22)26/h13-14,17-20,30H,6-12,15-16H2,1-5H3,(H,34,35). The molecule has 1 atom stereocenters. The minimum absolute atomic E-state index is 0.0178. The Morgan fingerprint density at radius 2 is 1.72 bits per heavy atom. The molecular weight excluding hydrogens is 490 g/mol. The number of unbranched alkanes of at least 4 members (excludes halogenated alkanes) is 3. The van der Waals surface area contributed by atoms with Crippen LogP contribution in [-0.4, -0.2) is 39.6 Å². The van der Waals surface area contributed by atoms with Gasteiger partial charge in [-0.2, -0.15) is 0 Å². The van der Waals surface area contributed by atoms with Gasteiger partial charge in [0, 0.05) is 29.3 Å². The van der Waals surface area contributed by atoms with Gasteiger partial charge in [-0.15, -0.1) is 0 Å². The van der Waals surface area contributed by atoms with Crippen LogP contribution in [0.3, 0.4) is 0 Å². The lowest BCUT2D eigenvalue weighted by molar-refractivity contribution is -0.105. The molecule has 39 heavy (non-hydrogen) atoms. The number of carbonyl (C=O) groups excluding carboxylic acids is 1. The van der Waals surface area contributed by atoms with E-state index in [2.05, 4.69) is 44.3 Å². The van der Waals surface area contributed by atoms with E-state index in [1.54, 1.807) is 14.2 Å². The van der Waals surface area contributed by atoms with Gasteiger partial charge in [-0.1, -0.05) is 46.1 Å². The van der Waals surface area contributed by atoms with E-state index in [9.17, 15) is 4.79 Å². The van der Waals surface area contributed by atoms with Crippen molar-refractivity contribution in [1.82, 2.24) is 5.32 Å². The van der Waals surface area contributed by atoms with E-state index >= 15 is 0 Å². The van der Waals surface area contributed by atoms with Crippen LogP contribution in [0.1, 0.15) is 87.2 Å². The van der Waals surface area contributed by atoms with Crippen molar-refractivity contribution in [3.8, 4) is 28.4 Å². The van der Waals surface area contributed by atoms with E-state index in [1.807, 2.05) is 18.2 Å². The topological polar surface area (TPSA) is 66.0 Å². The number of carbonyl (C=O) groups is 1. The lowest BCUT2D eigenvalue weighted by atomic mass is 9.81. The molecule has 0 radical (unpaired) electrons. The molecule has 0 spiro atoms. The minimum Gasteiger partial charge on any atom is -0.493 e. The minimum atomic E-state index is -0.324. The second kappa shape index (κ2) is 11.5. The lowest BCUT2D eigenvalue weighted by Gasteiger charge is -2.27. The maximum atomic E-state index is 13.0. The van der Waals surface area contributed by atoms with Gasteiger partial charge in [0.1, 0.15) is 5.75 Å². The first-order chi connectivity index (χ1) is 18.9. The maximum absolute atomic E-state index is 13.0. The molecule has 6 heteroatoms. The zero-order chi connectivity index (χ0) is 27.6. The highest BCUT2D eigenvalue weighted by Crippen LogP contribution is 2.54. The molecule has 6 nitrogen and oxygen atoms in total. The summed E-state index contributed by atoms with van der Waals surface area (Å²) >= 11 is 0. The lowest BCUT2D eigenvalue weighted by Crippen LogP contribution is -2.25. The highest BCUT2D eigenvalue weighted by molar-refractivity contribution is 6.07. The molecule has 0 aromatic heterocycles. The van der Waals surface area contributed by atoms with E-state index in [0.717, 1.165) is 65.3 Å². The van der Waals surface area contributed by atoms with Gasteiger partial charge >= 0.3 is 0 Å². The number of fused-ring (bicyclic) bond motifs is 5. The van der Waals surface area contributed by atoms with Gasteiger partial charge in [0.25, 0.3) is 5.91 Å². The monoisotopic (exact) mass is 531 g/mol. The van der Waals surface area contributed by atoms with Crippen molar-refractivity contribution < 1.29 is 23.7 Å². The summed E-state index contributed by atoms with van der Waals surface area (Å²) in [6, 6.07) is 12.3. The second-order valence-electron chi connectivity index (χ2n) is 11.2. The van der Waals surface area contributed by atoms with Crippen LogP contribution in [0.4, 0.5) is 0 Å². The Bertz CT molecular complexity index is 1360. The Balaban J connectivity index is 1.58. The van der Waals surface area contributed by atoms with Crippen LogP contribution in [-0.2, 0) is 10.2 Å². The largest absolute Gasteiger partial charge is 0.493 e. The van der Waals surface area contributed by atoms with Crippen molar-refractivity contribution in [3.05, 3.63) is 53.1 Å². The average Bonchev–Trinajstić information content (AvgIpc) is 3.18. The Hall–Kier alpha value is -3.25. The van der Waals surface area contributed by atoms with Crippen LogP contribution in [0, 0.1) is 0 Å². The van der Waals surface area contributed by atoms with E-state index in [0.29, 0.717) is 30.2 Å². The van der Waals surface area contributed by atoms with Gasteiger partial charge < -0.3 is 24.3 Å². The summed E-state index contributed by atoms with van der Waals surface area (Å²) in [5.74, 6) is 2.09. The molecular formula is C33H41NO5. The number of hydrogen-bond acceptors (Lipinski definition) is 5. The molecule has 1 aliphatic carbocycles. The van der Waals surface area contributed by atoms with Crippen LogP contribution in [0.15, 0.2) is 36.4 Å². The number of ether oxygens (including phenoxy) is 4. The van der Waals surface area contributed by atoms with Crippen LogP contribution in [0.25, 0.3) is 21.9 Å². The molecule has 1 unspecified atom stereocenters. The summed E-state index contributed by atoms with van der Waals surface area (Å²) in [5.41, 5.74) is 4.95. The molecule has 1 fully saturated rings. The van der Waals surface area contributed by atoms with Crippen LogP contribution < -0.4 is 19.5 Å². The first kappa shape index (κ1) is 27.3. The van der Waals surface area contributed by atoms with E-state index < -0.39 is 0 Å². The molecule has 1 amide bonds. The summed E-state index contributed by atoms with van der Waals surface area (Å²) in [5, 5.41) is 5.10. The van der Waals surface area contributed by atoms with Gasteiger partial charge in [-0.3, -0.25) is 4.79 Å². The second-order valence-corrected chi connectivity index (χ2v) is 11.2. The summed E-state index contributed by atoms with van der Waals surface area (Å²) in [4.78, 5) is 13.0. The highest BCUT2D eigenvalue weighted by atomic mass is 16.7. The Labute approximate surface area is 232 Å². The van der Waals surface area contributed by atoms with Gasteiger partial charge in [-0.25, -0.2) is 0 Å². The molecule has 1 heterocycles. The molecule has 208 valence electrons. The van der Waals surface area contributed by atoms with Gasteiger partial charge in [0.2, 0.25) is 0 Å². The predicted molar refractivity (Wildman–Crippen MR) is 155 cm³/mol. The SMILES string of the molecule is CCCCCCNC(=O)c1ccc2c(c1)C(C)(C)c1cc(OC3CCCCO3)c3cc(OC)c(OC)cc3c1-2. The zero-order valence-corrected chi connectivity index (χ0v) is 23.9. The smallest absolute Gasteiger partial charge is 0.251 e. The Kier molecular flexibility index (Phi) is 8.03. The molecule has 1 aliphatic heterocycles. The van der Waals surface area contributed by atoms with Crippen LogP contribution in [0.5, 0.6) is 17.2 Å². The van der Waals surface area contributed by atoms with Crippen molar-refractivity contribution >= 4 is 16.7 Å². The maximum Gasteiger partial charge on any atom is 0.251 e.